The summed E-state index contributed by atoms with van der Waals surface area (Å²) in [5, 5.41) is 6.28. The van der Waals surface area contributed by atoms with Gasteiger partial charge in [0.05, 0.1) is 18.0 Å². The molecule has 2 N–H and O–H groups in total. The van der Waals surface area contributed by atoms with Gasteiger partial charge >= 0.3 is 0 Å². The average Bonchev–Trinajstić information content (AvgIpc) is 2.61. The predicted molar refractivity (Wildman–Crippen MR) is 108 cm³/mol. The van der Waals surface area contributed by atoms with Crippen LogP contribution in [-0.2, 0) is 10.0 Å². The fourth-order valence-electron chi connectivity index (χ4n) is 2.34. The van der Waals surface area contributed by atoms with Gasteiger partial charge in [0.15, 0.2) is 16.7 Å². The van der Waals surface area contributed by atoms with Crippen LogP contribution in [0.1, 0.15) is 18.5 Å². The van der Waals surface area contributed by atoms with Crippen LogP contribution in [0, 0.1) is 5.82 Å². The molecule has 0 amide bonds. The number of anilines is 1. The van der Waals surface area contributed by atoms with E-state index >= 15 is 0 Å². The van der Waals surface area contributed by atoms with Gasteiger partial charge in [-0.2, -0.15) is 0 Å². The Kier molecular flexibility index (Phi) is 6.74. The molecule has 0 spiro atoms. The van der Waals surface area contributed by atoms with E-state index in [0.717, 1.165) is 4.31 Å². The number of thiocarbonyl (C=S) groups is 1. The summed E-state index contributed by atoms with van der Waals surface area (Å²) in [6.45, 7) is 1.84. The Morgan fingerprint density at radius 1 is 1.22 bits per heavy atom. The highest BCUT2D eigenvalue weighted by Gasteiger charge is 2.17. The number of sulfonamides is 1. The van der Waals surface area contributed by atoms with Gasteiger partial charge in [0.25, 0.3) is 0 Å². The molecule has 146 valence electrons. The van der Waals surface area contributed by atoms with E-state index in [2.05, 4.69) is 10.6 Å². The molecule has 0 saturated carbocycles. The monoisotopic (exact) mass is 411 g/mol. The number of benzene rings is 2. The van der Waals surface area contributed by atoms with Crippen molar-refractivity contribution >= 4 is 33.0 Å². The number of hydrogen-bond donors (Lipinski definition) is 2. The van der Waals surface area contributed by atoms with Crippen molar-refractivity contribution in [3.8, 4) is 5.75 Å². The maximum atomic E-state index is 13.9. The second-order valence-electron chi connectivity index (χ2n) is 6.03. The molecule has 2 rings (SSSR count). The second-order valence-corrected chi connectivity index (χ2v) is 8.59. The standard InChI is InChI=1S/C18H22FN3O3S2/c1-12(13-8-9-17(25-4)16(19)10-13)20-18(26)21-14-6-5-7-15(11-14)27(23,24)22(2)3/h5-12H,1-4H3,(H2,20,21,26)/t12-/m1/s1. The molecule has 27 heavy (non-hydrogen) atoms. The van der Waals surface area contributed by atoms with Crippen molar-refractivity contribution in [1.82, 2.24) is 9.62 Å². The van der Waals surface area contributed by atoms with Gasteiger partial charge in [-0.05, 0) is 55.0 Å². The van der Waals surface area contributed by atoms with Gasteiger partial charge in [-0.3, -0.25) is 0 Å². The van der Waals surface area contributed by atoms with Gasteiger partial charge in [0, 0.05) is 19.8 Å². The smallest absolute Gasteiger partial charge is 0.242 e. The van der Waals surface area contributed by atoms with Crippen LogP contribution in [-0.4, -0.2) is 39.0 Å². The van der Waals surface area contributed by atoms with Gasteiger partial charge in [-0.1, -0.05) is 12.1 Å². The average molecular weight is 412 g/mol. The number of methoxy groups -OCH3 is 1. The van der Waals surface area contributed by atoms with E-state index in [-0.39, 0.29) is 21.8 Å². The molecule has 1 atom stereocenters. The molecular formula is C18H22FN3O3S2. The zero-order chi connectivity index (χ0) is 20.2. The topological polar surface area (TPSA) is 70.7 Å². The molecule has 0 fully saturated rings. The van der Waals surface area contributed by atoms with E-state index in [1.807, 2.05) is 6.92 Å². The van der Waals surface area contributed by atoms with Crippen molar-refractivity contribution in [3.63, 3.8) is 0 Å². The van der Waals surface area contributed by atoms with Crippen LogP contribution in [0.5, 0.6) is 5.75 Å². The maximum Gasteiger partial charge on any atom is 0.242 e. The van der Waals surface area contributed by atoms with Gasteiger partial charge in [0.2, 0.25) is 10.0 Å². The molecular weight excluding hydrogens is 389 g/mol. The number of nitrogens with one attached hydrogen (secondary N) is 2. The zero-order valence-corrected chi connectivity index (χ0v) is 17.1. The molecule has 0 aliphatic rings. The van der Waals surface area contributed by atoms with Gasteiger partial charge in [-0.15, -0.1) is 0 Å². The molecule has 0 aromatic heterocycles. The lowest BCUT2D eigenvalue weighted by atomic mass is 10.1. The highest BCUT2D eigenvalue weighted by Crippen LogP contribution is 2.22. The van der Waals surface area contributed by atoms with Crippen molar-refractivity contribution in [2.24, 2.45) is 0 Å². The lowest BCUT2D eigenvalue weighted by Gasteiger charge is -2.18. The molecule has 9 heteroatoms. The first-order chi connectivity index (χ1) is 12.6. The first-order valence-electron chi connectivity index (χ1n) is 8.08. The van der Waals surface area contributed by atoms with Crippen molar-refractivity contribution in [2.75, 3.05) is 26.5 Å². The van der Waals surface area contributed by atoms with Crippen LogP contribution in [0.4, 0.5) is 10.1 Å². The van der Waals surface area contributed by atoms with Crippen LogP contribution in [0.25, 0.3) is 0 Å². The number of rotatable bonds is 6. The Balaban J connectivity index is 2.09. The van der Waals surface area contributed by atoms with Crippen LogP contribution < -0.4 is 15.4 Å². The predicted octanol–water partition coefficient (Wildman–Crippen LogP) is 3.13. The van der Waals surface area contributed by atoms with Crippen molar-refractivity contribution in [2.45, 2.75) is 17.9 Å². The summed E-state index contributed by atoms with van der Waals surface area (Å²) in [7, 11) is 0.809. The molecule has 0 bridgehead atoms. The Hall–Kier alpha value is -2.23. The molecule has 0 aliphatic carbocycles. The number of halogens is 1. The summed E-state index contributed by atoms with van der Waals surface area (Å²) in [6, 6.07) is 10.8. The fourth-order valence-corrected chi connectivity index (χ4v) is 3.59. The maximum absolute atomic E-state index is 13.9. The van der Waals surface area contributed by atoms with Crippen LogP contribution in [0.15, 0.2) is 47.4 Å². The Bertz CT molecular complexity index is 933. The highest BCUT2D eigenvalue weighted by molar-refractivity contribution is 7.89. The minimum absolute atomic E-state index is 0.158. The normalized spacial score (nSPS) is 12.5. The molecule has 6 nitrogen and oxygen atoms in total. The number of nitrogens with zero attached hydrogens (tertiary/aromatic N) is 1. The minimum atomic E-state index is -3.54. The summed E-state index contributed by atoms with van der Waals surface area (Å²) >= 11 is 5.28. The second kappa shape index (κ2) is 8.64. The lowest BCUT2D eigenvalue weighted by molar-refractivity contribution is 0.386. The number of hydrogen-bond acceptors (Lipinski definition) is 4. The van der Waals surface area contributed by atoms with Crippen molar-refractivity contribution < 1.29 is 17.5 Å². The Morgan fingerprint density at radius 2 is 1.93 bits per heavy atom. The number of ether oxygens (including phenoxy) is 1. The lowest BCUT2D eigenvalue weighted by Crippen LogP contribution is -2.31. The van der Waals surface area contributed by atoms with Crippen LogP contribution >= 0.6 is 12.2 Å². The Labute approximate surface area is 164 Å². The largest absolute Gasteiger partial charge is 0.494 e. The molecule has 0 aliphatic heterocycles. The van der Waals surface area contributed by atoms with Crippen molar-refractivity contribution in [3.05, 3.63) is 53.8 Å². The Morgan fingerprint density at radius 3 is 2.52 bits per heavy atom. The summed E-state index contributed by atoms with van der Waals surface area (Å²) in [5.41, 5.74) is 1.23. The quantitative estimate of drug-likeness (QED) is 0.712. The summed E-state index contributed by atoms with van der Waals surface area (Å²) in [5.74, 6) is -0.283. The summed E-state index contributed by atoms with van der Waals surface area (Å²) < 4.78 is 44.3. The zero-order valence-electron chi connectivity index (χ0n) is 15.5. The van der Waals surface area contributed by atoms with E-state index in [1.165, 1.54) is 39.4 Å². The van der Waals surface area contributed by atoms with Crippen LogP contribution in [0.2, 0.25) is 0 Å². The molecule has 0 radical (unpaired) electrons. The van der Waals surface area contributed by atoms with E-state index < -0.39 is 15.8 Å². The van der Waals surface area contributed by atoms with Gasteiger partial charge in [0.1, 0.15) is 0 Å². The summed E-state index contributed by atoms with van der Waals surface area (Å²) in [4.78, 5) is 0.158. The van der Waals surface area contributed by atoms with Gasteiger partial charge < -0.3 is 15.4 Å². The van der Waals surface area contributed by atoms with E-state index in [1.54, 1.807) is 24.3 Å². The SMILES string of the molecule is COc1ccc([C@@H](C)NC(=S)Nc2cccc(S(=O)(=O)N(C)C)c2)cc1F. The van der Waals surface area contributed by atoms with Gasteiger partial charge in [-0.25, -0.2) is 17.1 Å². The van der Waals surface area contributed by atoms with Crippen LogP contribution in [0.3, 0.4) is 0 Å². The third-order valence-corrected chi connectivity index (χ3v) is 5.92. The van der Waals surface area contributed by atoms with E-state index in [4.69, 9.17) is 17.0 Å². The molecule has 0 unspecified atom stereocenters. The molecule has 2 aromatic carbocycles. The minimum Gasteiger partial charge on any atom is -0.494 e. The molecule has 0 saturated heterocycles. The van der Waals surface area contributed by atoms with E-state index in [9.17, 15) is 12.8 Å². The third kappa shape index (κ3) is 5.15. The van der Waals surface area contributed by atoms with Crippen molar-refractivity contribution in [1.29, 1.82) is 0 Å². The molecule has 0 heterocycles. The highest BCUT2D eigenvalue weighted by atomic mass is 32.2. The summed E-state index contributed by atoms with van der Waals surface area (Å²) in [6.07, 6.45) is 0. The third-order valence-electron chi connectivity index (χ3n) is 3.89. The first kappa shape index (κ1) is 21.1. The first-order valence-corrected chi connectivity index (χ1v) is 9.93. The molecule has 2 aromatic rings. The van der Waals surface area contributed by atoms with E-state index in [0.29, 0.717) is 11.3 Å². The fraction of sp³-hybridized carbons (Fsp3) is 0.278.